The number of amides is 2. The topological polar surface area (TPSA) is 76.5 Å². The zero-order valence-corrected chi connectivity index (χ0v) is 17.5. The third kappa shape index (κ3) is 4.50. The maximum Gasteiger partial charge on any atom is 0.410 e. The fourth-order valence-electron chi connectivity index (χ4n) is 2.77. The third-order valence-electron chi connectivity index (χ3n) is 4.20. The molecule has 1 N–H and O–H groups in total. The minimum Gasteiger partial charge on any atom is -0.444 e. The highest BCUT2D eigenvalue weighted by atomic mass is 79.9. The minimum atomic E-state index is -0.545. The zero-order chi connectivity index (χ0) is 19.8. The molecule has 2 heterocycles. The molecule has 2 amide bonds. The Bertz CT molecular complexity index is 886. The molecule has 144 valence electrons. The lowest BCUT2D eigenvalue weighted by Crippen LogP contribution is -2.41. The van der Waals surface area contributed by atoms with Crippen molar-refractivity contribution in [3.8, 4) is 0 Å². The Hall–Kier alpha value is -2.35. The van der Waals surface area contributed by atoms with E-state index in [1.54, 1.807) is 11.1 Å². The van der Waals surface area contributed by atoms with E-state index in [4.69, 9.17) is 4.74 Å². The van der Waals surface area contributed by atoms with Crippen LogP contribution in [0.25, 0.3) is 0 Å². The molecular formula is C19H23BrN4O3. The fourth-order valence-corrected chi connectivity index (χ4v) is 3.14. The lowest BCUT2D eigenvalue weighted by atomic mass is 10.2. The quantitative estimate of drug-likeness (QED) is 0.775. The van der Waals surface area contributed by atoms with Gasteiger partial charge in [0.05, 0.1) is 6.54 Å². The molecule has 1 aliphatic heterocycles. The normalized spacial score (nSPS) is 13.9. The number of halogens is 1. The molecule has 1 aromatic carbocycles. The van der Waals surface area contributed by atoms with E-state index in [-0.39, 0.29) is 12.0 Å². The lowest BCUT2D eigenvalue weighted by molar-refractivity contribution is 0.0195. The molecule has 1 aliphatic rings. The largest absolute Gasteiger partial charge is 0.444 e. The molecule has 0 unspecified atom stereocenters. The van der Waals surface area contributed by atoms with E-state index >= 15 is 0 Å². The summed E-state index contributed by atoms with van der Waals surface area (Å²) in [6.45, 7) is 8.84. The number of aromatic nitrogens is 2. The van der Waals surface area contributed by atoms with Gasteiger partial charge in [0.15, 0.2) is 0 Å². The van der Waals surface area contributed by atoms with E-state index < -0.39 is 5.60 Å². The highest BCUT2D eigenvalue weighted by Crippen LogP contribution is 2.24. The van der Waals surface area contributed by atoms with Crippen molar-refractivity contribution in [2.75, 3.05) is 11.9 Å². The Kier molecular flexibility index (Phi) is 5.28. The SMILES string of the molecule is Cc1c(Br)cccc1NC(=O)c1cn2c(n1)CN(C(=O)OC(C)(C)C)CC2. The number of ether oxygens (including phenoxy) is 1. The van der Waals surface area contributed by atoms with Gasteiger partial charge in [0.1, 0.15) is 17.1 Å². The monoisotopic (exact) mass is 434 g/mol. The van der Waals surface area contributed by atoms with E-state index in [9.17, 15) is 9.59 Å². The van der Waals surface area contributed by atoms with Crippen molar-refractivity contribution in [3.63, 3.8) is 0 Å². The van der Waals surface area contributed by atoms with Gasteiger partial charge in [0.25, 0.3) is 5.91 Å². The summed E-state index contributed by atoms with van der Waals surface area (Å²) in [6, 6.07) is 5.63. The van der Waals surface area contributed by atoms with Gasteiger partial charge < -0.3 is 14.6 Å². The van der Waals surface area contributed by atoms with Gasteiger partial charge in [0.2, 0.25) is 0 Å². The van der Waals surface area contributed by atoms with Gasteiger partial charge in [-0.25, -0.2) is 9.78 Å². The van der Waals surface area contributed by atoms with E-state index in [2.05, 4.69) is 26.2 Å². The molecule has 0 radical (unpaired) electrons. The molecule has 27 heavy (non-hydrogen) atoms. The van der Waals surface area contributed by atoms with Crippen LogP contribution in [0, 0.1) is 6.92 Å². The molecule has 0 bridgehead atoms. The molecule has 0 spiro atoms. The average Bonchev–Trinajstić information content (AvgIpc) is 3.00. The van der Waals surface area contributed by atoms with Gasteiger partial charge in [-0.15, -0.1) is 0 Å². The number of nitrogens with zero attached hydrogens (tertiary/aromatic N) is 3. The number of imidazole rings is 1. The van der Waals surface area contributed by atoms with Crippen molar-refractivity contribution in [2.45, 2.75) is 46.4 Å². The van der Waals surface area contributed by atoms with Crippen molar-refractivity contribution in [1.82, 2.24) is 14.5 Å². The number of benzene rings is 1. The number of hydrogen-bond acceptors (Lipinski definition) is 4. The maximum atomic E-state index is 12.6. The van der Waals surface area contributed by atoms with Crippen LogP contribution in [0.5, 0.6) is 0 Å². The predicted octanol–water partition coefficient (Wildman–Crippen LogP) is 3.96. The van der Waals surface area contributed by atoms with Crippen LogP contribution in [0.3, 0.4) is 0 Å². The number of carbonyl (C=O) groups is 2. The molecule has 8 heteroatoms. The van der Waals surface area contributed by atoms with Gasteiger partial charge in [0, 0.05) is 29.4 Å². The standard InChI is InChI=1S/C19H23BrN4O3/c1-12-13(20)6-5-7-14(12)22-17(25)15-10-23-8-9-24(11-16(23)21-15)18(26)27-19(2,3)4/h5-7,10H,8-9,11H2,1-4H3,(H,22,25). The first-order valence-electron chi connectivity index (χ1n) is 8.74. The van der Waals surface area contributed by atoms with Crippen LogP contribution in [0.2, 0.25) is 0 Å². The highest BCUT2D eigenvalue weighted by Gasteiger charge is 2.27. The summed E-state index contributed by atoms with van der Waals surface area (Å²) in [5.41, 5.74) is 1.47. The molecule has 0 saturated heterocycles. The summed E-state index contributed by atoms with van der Waals surface area (Å²) in [4.78, 5) is 30.9. The lowest BCUT2D eigenvalue weighted by Gasteiger charge is -2.30. The second-order valence-corrected chi connectivity index (χ2v) is 8.36. The number of fused-ring (bicyclic) bond motifs is 1. The molecule has 1 aromatic heterocycles. The van der Waals surface area contributed by atoms with Crippen LogP contribution in [-0.2, 0) is 17.8 Å². The summed E-state index contributed by atoms with van der Waals surface area (Å²) in [5, 5.41) is 2.89. The molecule has 0 fully saturated rings. The summed E-state index contributed by atoms with van der Waals surface area (Å²) in [5.74, 6) is 0.394. The van der Waals surface area contributed by atoms with Gasteiger partial charge in [-0.1, -0.05) is 22.0 Å². The Morgan fingerprint density at radius 1 is 1.26 bits per heavy atom. The highest BCUT2D eigenvalue weighted by molar-refractivity contribution is 9.10. The predicted molar refractivity (Wildman–Crippen MR) is 106 cm³/mol. The first kappa shape index (κ1) is 19.4. The molecule has 0 aliphatic carbocycles. The smallest absolute Gasteiger partial charge is 0.410 e. The van der Waals surface area contributed by atoms with E-state index in [1.165, 1.54) is 0 Å². The summed E-state index contributed by atoms with van der Waals surface area (Å²) >= 11 is 3.46. The second-order valence-electron chi connectivity index (χ2n) is 7.50. The number of carbonyl (C=O) groups excluding carboxylic acids is 2. The minimum absolute atomic E-state index is 0.276. The number of anilines is 1. The number of hydrogen-bond donors (Lipinski definition) is 1. The summed E-state index contributed by atoms with van der Waals surface area (Å²) in [7, 11) is 0. The van der Waals surface area contributed by atoms with Gasteiger partial charge >= 0.3 is 6.09 Å². The van der Waals surface area contributed by atoms with Crippen molar-refractivity contribution >= 4 is 33.6 Å². The number of nitrogens with one attached hydrogen (secondary N) is 1. The van der Waals surface area contributed by atoms with Crippen molar-refractivity contribution in [1.29, 1.82) is 0 Å². The van der Waals surface area contributed by atoms with Crippen molar-refractivity contribution in [2.24, 2.45) is 0 Å². The molecule has 3 rings (SSSR count). The van der Waals surface area contributed by atoms with Crippen LogP contribution in [0.15, 0.2) is 28.9 Å². The summed E-state index contributed by atoms with van der Waals surface area (Å²) in [6.07, 6.45) is 1.36. The third-order valence-corrected chi connectivity index (χ3v) is 5.06. The second kappa shape index (κ2) is 7.34. The van der Waals surface area contributed by atoms with Crippen LogP contribution >= 0.6 is 15.9 Å². The van der Waals surface area contributed by atoms with Crippen LogP contribution < -0.4 is 5.32 Å². The molecule has 0 saturated carbocycles. The van der Waals surface area contributed by atoms with Crippen molar-refractivity contribution in [3.05, 3.63) is 46.0 Å². The molecular weight excluding hydrogens is 412 g/mol. The molecule has 7 nitrogen and oxygen atoms in total. The first-order valence-corrected chi connectivity index (χ1v) is 9.54. The van der Waals surface area contributed by atoms with Crippen molar-refractivity contribution < 1.29 is 14.3 Å². The first-order chi connectivity index (χ1) is 12.6. The van der Waals surface area contributed by atoms with E-state index in [0.717, 1.165) is 15.7 Å². The van der Waals surface area contributed by atoms with E-state index in [1.807, 2.05) is 50.5 Å². The maximum absolute atomic E-state index is 12.6. The van der Waals surface area contributed by atoms with Gasteiger partial charge in [-0.3, -0.25) is 9.69 Å². The van der Waals surface area contributed by atoms with Gasteiger partial charge in [-0.05, 0) is 45.4 Å². The number of rotatable bonds is 2. The Morgan fingerprint density at radius 2 is 2.00 bits per heavy atom. The molecule has 2 aromatic rings. The Balaban J connectivity index is 1.72. The van der Waals surface area contributed by atoms with E-state index in [0.29, 0.717) is 31.2 Å². The Morgan fingerprint density at radius 3 is 2.70 bits per heavy atom. The fraction of sp³-hybridized carbons (Fsp3) is 0.421. The van der Waals surface area contributed by atoms with Crippen LogP contribution in [0.4, 0.5) is 10.5 Å². The average molecular weight is 435 g/mol. The zero-order valence-electron chi connectivity index (χ0n) is 15.9. The molecule has 0 atom stereocenters. The van der Waals surface area contributed by atoms with Crippen LogP contribution in [0.1, 0.15) is 42.6 Å². The Labute approximate surface area is 166 Å². The summed E-state index contributed by atoms with van der Waals surface area (Å²) < 4.78 is 8.25. The van der Waals surface area contributed by atoms with Gasteiger partial charge in [-0.2, -0.15) is 0 Å². The van der Waals surface area contributed by atoms with Crippen LogP contribution in [-0.4, -0.2) is 38.6 Å².